The third kappa shape index (κ3) is 5.18. The second-order valence-electron chi connectivity index (χ2n) is 4.00. The Bertz CT molecular complexity index is 505. The summed E-state index contributed by atoms with van der Waals surface area (Å²) in [6.07, 6.45) is 2.54. The molecular weight excluding hydrogens is 298 g/mol. The van der Waals surface area contributed by atoms with E-state index in [1.165, 1.54) is 11.8 Å². The molecule has 0 aromatic carbocycles. The predicted molar refractivity (Wildman–Crippen MR) is 82.7 cm³/mol. The number of aliphatic hydroxyl groups excluding tert-OH is 1. The number of aromatic amines is 1. The molecule has 0 bridgehead atoms. The van der Waals surface area contributed by atoms with E-state index in [1.54, 1.807) is 24.9 Å². The number of carbonyl (C=O) groups excluding carboxylic acids is 1. The fraction of sp³-hybridized carbons (Fsp3) is 0.583. The number of nitrogens with zero attached hydrogens (tertiary/aromatic N) is 1. The van der Waals surface area contributed by atoms with Gasteiger partial charge >= 0.3 is 5.69 Å². The molecule has 1 amide bonds. The number of rotatable bonds is 8. The molecule has 112 valence electrons. The van der Waals surface area contributed by atoms with E-state index < -0.39 is 5.69 Å². The first-order valence-electron chi connectivity index (χ1n) is 6.21. The lowest BCUT2D eigenvalue weighted by atomic mass is 10.2. The van der Waals surface area contributed by atoms with E-state index in [-0.39, 0.29) is 12.5 Å². The van der Waals surface area contributed by atoms with Crippen molar-refractivity contribution in [3.8, 4) is 0 Å². The number of aryl methyl sites for hydroxylation is 1. The van der Waals surface area contributed by atoms with E-state index in [2.05, 4.69) is 15.3 Å². The van der Waals surface area contributed by atoms with Crippen molar-refractivity contribution in [2.75, 3.05) is 30.9 Å². The highest BCUT2D eigenvalue weighted by Gasteiger charge is 2.16. The van der Waals surface area contributed by atoms with E-state index in [0.29, 0.717) is 22.8 Å². The van der Waals surface area contributed by atoms with Crippen LogP contribution in [0.4, 0.5) is 0 Å². The molecule has 0 unspecified atom stereocenters. The molecule has 0 radical (unpaired) electrons. The van der Waals surface area contributed by atoms with Crippen LogP contribution in [0.1, 0.15) is 22.5 Å². The Labute approximate surface area is 126 Å². The number of nitrogens with one attached hydrogen (secondary N) is 2. The molecule has 0 saturated carbocycles. The Morgan fingerprint density at radius 1 is 1.45 bits per heavy atom. The fourth-order valence-electron chi connectivity index (χ4n) is 1.57. The number of aliphatic hydroxyl groups is 1. The summed E-state index contributed by atoms with van der Waals surface area (Å²) in [6.45, 7) is 2.42. The number of aromatic nitrogens is 2. The minimum Gasteiger partial charge on any atom is -0.396 e. The number of thioether (sulfide) groups is 2. The first kappa shape index (κ1) is 17.1. The monoisotopic (exact) mass is 317 g/mol. The van der Waals surface area contributed by atoms with E-state index in [9.17, 15) is 9.59 Å². The van der Waals surface area contributed by atoms with Crippen LogP contribution in [0.3, 0.4) is 0 Å². The van der Waals surface area contributed by atoms with Crippen molar-refractivity contribution >= 4 is 29.4 Å². The largest absolute Gasteiger partial charge is 0.396 e. The highest BCUT2D eigenvalue weighted by atomic mass is 32.2. The molecule has 0 aliphatic heterocycles. The number of hydrogen-bond donors (Lipinski definition) is 3. The summed E-state index contributed by atoms with van der Waals surface area (Å²) in [4.78, 5) is 29.7. The zero-order valence-electron chi connectivity index (χ0n) is 11.6. The molecule has 0 atom stereocenters. The molecule has 0 aliphatic rings. The highest BCUT2D eigenvalue weighted by molar-refractivity contribution is 7.99. The van der Waals surface area contributed by atoms with Crippen molar-refractivity contribution in [3.63, 3.8) is 0 Å². The SMILES string of the molecule is CSc1nc(=O)[nH]c(C)c1C(=O)NCCSCCCO. The summed E-state index contributed by atoms with van der Waals surface area (Å²) in [5.41, 5.74) is 0.514. The van der Waals surface area contributed by atoms with Gasteiger partial charge in [0.05, 0.1) is 5.56 Å². The molecule has 0 spiro atoms. The number of H-pyrrole nitrogens is 1. The first-order chi connectivity index (χ1) is 9.60. The Kier molecular flexibility index (Phi) is 7.71. The molecule has 8 heteroatoms. The van der Waals surface area contributed by atoms with Crippen LogP contribution in [0.25, 0.3) is 0 Å². The minimum atomic E-state index is -0.442. The second-order valence-corrected chi connectivity index (χ2v) is 6.02. The molecule has 0 aliphatic carbocycles. The van der Waals surface area contributed by atoms with Gasteiger partial charge in [-0.2, -0.15) is 16.7 Å². The van der Waals surface area contributed by atoms with Crippen LogP contribution in [0, 0.1) is 6.92 Å². The molecule has 6 nitrogen and oxygen atoms in total. The molecule has 1 aromatic heterocycles. The zero-order chi connectivity index (χ0) is 15.0. The number of hydrogen-bond acceptors (Lipinski definition) is 6. The second kappa shape index (κ2) is 9.04. The number of carbonyl (C=O) groups is 1. The molecule has 0 saturated heterocycles. The maximum absolute atomic E-state index is 12.1. The Morgan fingerprint density at radius 2 is 2.20 bits per heavy atom. The van der Waals surface area contributed by atoms with Crippen molar-refractivity contribution in [1.29, 1.82) is 0 Å². The molecule has 1 rings (SSSR count). The van der Waals surface area contributed by atoms with E-state index in [1.807, 2.05) is 0 Å². The molecule has 0 fully saturated rings. The van der Waals surface area contributed by atoms with Gasteiger partial charge in [0.15, 0.2) is 0 Å². The minimum absolute atomic E-state index is 0.193. The summed E-state index contributed by atoms with van der Waals surface area (Å²) in [6, 6.07) is 0. The van der Waals surface area contributed by atoms with E-state index in [0.717, 1.165) is 17.9 Å². The summed E-state index contributed by atoms with van der Waals surface area (Å²) < 4.78 is 0. The van der Waals surface area contributed by atoms with Crippen LogP contribution in [-0.4, -0.2) is 51.9 Å². The van der Waals surface area contributed by atoms with Crippen molar-refractivity contribution in [2.24, 2.45) is 0 Å². The smallest absolute Gasteiger partial charge is 0.346 e. The summed E-state index contributed by atoms with van der Waals surface area (Å²) in [5.74, 6) is 1.44. The molecule has 1 heterocycles. The van der Waals surface area contributed by atoms with Crippen molar-refractivity contribution in [3.05, 3.63) is 21.7 Å². The van der Waals surface area contributed by atoms with Gasteiger partial charge in [0, 0.05) is 24.6 Å². The van der Waals surface area contributed by atoms with Crippen molar-refractivity contribution < 1.29 is 9.90 Å². The third-order valence-corrected chi connectivity index (χ3v) is 4.24. The fourth-order valence-corrected chi connectivity index (χ4v) is 2.98. The van der Waals surface area contributed by atoms with Crippen LogP contribution in [0.2, 0.25) is 0 Å². The van der Waals surface area contributed by atoms with Gasteiger partial charge in [-0.3, -0.25) is 4.79 Å². The Morgan fingerprint density at radius 3 is 2.85 bits per heavy atom. The van der Waals surface area contributed by atoms with E-state index >= 15 is 0 Å². The molecule has 20 heavy (non-hydrogen) atoms. The van der Waals surface area contributed by atoms with Crippen LogP contribution in [0.15, 0.2) is 9.82 Å². The van der Waals surface area contributed by atoms with Gasteiger partial charge in [-0.05, 0) is 25.4 Å². The highest BCUT2D eigenvalue weighted by Crippen LogP contribution is 2.17. The number of amides is 1. The lowest BCUT2D eigenvalue weighted by molar-refractivity contribution is 0.0951. The van der Waals surface area contributed by atoms with Gasteiger partial charge in [-0.1, -0.05) is 0 Å². The average molecular weight is 317 g/mol. The average Bonchev–Trinajstić information content (AvgIpc) is 2.41. The topological polar surface area (TPSA) is 95.1 Å². The van der Waals surface area contributed by atoms with Gasteiger partial charge in [-0.25, -0.2) is 4.79 Å². The Hall–Kier alpha value is -0.990. The zero-order valence-corrected chi connectivity index (χ0v) is 13.2. The van der Waals surface area contributed by atoms with Gasteiger partial charge in [0.2, 0.25) is 0 Å². The van der Waals surface area contributed by atoms with Gasteiger partial charge in [-0.15, -0.1) is 11.8 Å². The first-order valence-corrected chi connectivity index (χ1v) is 8.59. The maximum atomic E-state index is 12.1. The summed E-state index contributed by atoms with van der Waals surface area (Å²) in [5, 5.41) is 11.9. The van der Waals surface area contributed by atoms with Crippen LogP contribution < -0.4 is 11.0 Å². The van der Waals surface area contributed by atoms with Gasteiger partial charge in [0.1, 0.15) is 5.03 Å². The summed E-state index contributed by atoms with van der Waals surface area (Å²) >= 11 is 2.96. The van der Waals surface area contributed by atoms with E-state index in [4.69, 9.17) is 5.11 Å². The quantitative estimate of drug-likeness (QED) is 0.370. The van der Waals surface area contributed by atoms with Crippen LogP contribution in [-0.2, 0) is 0 Å². The van der Waals surface area contributed by atoms with Crippen LogP contribution in [0.5, 0.6) is 0 Å². The summed E-state index contributed by atoms with van der Waals surface area (Å²) in [7, 11) is 0. The third-order valence-electron chi connectivity index (χ3n) is 2.49. The normalized spacial score (nSPS) is 10.6. The van der Waals surface area contributed by atoms with Gasteiger partial charge in [0.25, 0.3) is 5.91 Å². The molecular formula is C12H19N3O3S2. The lowest BCUT2D eigenvalue weighted by Gasteiger charge is -2.10. The lowest BCUT2D eigenvalue weighted by Crippen LogP contribution is -2.29. The predicted octanol–water partition coefficient (Wildman–Crippen LogP) is 0.646. The standard InChI is InChI=1S/C12H19N3O3S2/c1-8-9(11(19-2)15-12(18)14-8)10(17)13-4-7-20-6-3-5-16/h16H,3-7H2,1-2H3,(H,13,17)(H,14,15,18). The van der Waals surface area contributed by atoms with Crippen LogP contribution >= 0.6 is 23.5 Å². The maximum Gasteiger partial charge on any atom is 0.346 e. The van der Waals surface area contributed by atoms with Crippen molar-refractivity contribution in [2.45, 2.75) is 18.4 Å². The van der Waals surface area contributed by atoms with Crippen molar-refractivity contribution in [1.82, 2.24) is 15.3 Å². The Balaban J connectivity index is 2.57. The van der Waals surface area contributed by atoms with Gasteiger partial charge < -0.3 is 15.4 Å². The molecule has 1 aromatic rings. The molecule has 3 N–H and O–H groups in total.